The zero-order chi connectivity index (χ0) is 21.1. The lowest BCUT2D eigenvalue weighted by Gasteiger charge is -2.10. The van der Waals surface area contributed by atoms with Gasteiger partial charge in [-0.1, -0.05) is 0 Å². The number of H-pyrrole nitrogens is 1. The van der Waals surface area contributed by atoms with Gasteiger partial charge in [-0.25, -0.2) is 4.98 Å². The van der Waals surface area contributed by atoms with Gasteiger partial charge in [0.2, 0.25) is 0 Å². The molecule has 0 radical (unpaired) electrons. The summed E-state index contributed by atoms with van der Waals surface area (Å²) in [5.41, 5.74) is 6.92. The molecule has 4 heterocycles. The first-order valence-electron chi connectivity index (χ1n) is 10.4. The van der Waals surface area contributed by atoms with Crippen LogP contribution in [0.2, 0.25) is 0 Å². The number of anilines is 2. The van der Waals surface area contributed by atoms with Crippen molar-refractivity contribution in [3.05, 3.63) is 59.4 Å². The number of nitrogens with one attached hydrogen (secondary N) is 3. The molecule has 0 bridgehead atoms. The number of nitrogens with zero attached hydrogens (tertiary/aromatic N) is 4. The van der Waals surface area contributed by atoms with E-state index in [0.717, 1.165) is 51.2 Å². The summed E-state index contributed by atoms with van der Waals surface area (Å²) < 4.78 is 0. The van der Waals surface area contributed by atoms with Crippen molar-refractivity contribution in [1.29, 1.82) is 0 Å². The highest BCUT2D eigenvalue weighted by Gasteiger charge is 2.48. The minimum absolute atomic E-state index is 0.198. The molecule has 2 atom stereocenters. The van der Waals surface area contributed by atoms with Gasteiger partial charge in [-0.2, -0.15) is 5.10 Å². The van der Waals surface area contributed by atoms with E-state index in [9.17, 15) is 4.79 Å². The van der Waals surface area contributed by atoms with Crippen molar-refractivity contribution in [3.8, 4) is 11.1 Å². The maximum atomic E-state index is 12.9. The number of aryl methyl sites for hydroxylation is 1. The second kappa shape index (κ2) is 6.60. The second-order valence-electron chi connectivity index (χ2n) is 8.32. The maximum absolute atomic E-state index is 12.9. The normalized spacial score (nSPS) is 18.5. The van der Waals surface area contributed by atoms with Crippen molar-refractivity contribution in [2.24, 2.45) is 5.92 Å². The minimum atomic E-state index is -0.198. The SMILES string of the molecule is CNc1cc2ncc(-c3cc(NC(=O)c4n[nH]c5c4C[C@@H]4C[C@H]54)cnc3C)cc2cn1. The fourth-order valence-corrected chi connectivity index (χ4v) is 4.56. The number of carbonyl (C=O) groups excluding carboxylic acids is 1. The summed E-state index contributed by atoms with van der Waals surface area (Å²) in [6.45, 7) is 1.94. The van der Waals surface area contributed by atoms with Gasteiger partial charge in [0.1, 0.15) is 5.82 Å². The predicted molar refractivity (Wildman–Crippen MR) is 118 cm³/mol. The lowest BCUT2D eigenvalue weighted by Crippen LogP contribution is -2.15. The average Bonchev–Trinajstić information content (AvgIpc) is 3.26. The van der Waals surface area contributed by atoms with Gasteiger partial charge in [0.25, 0.3) is 5.91 Å². The van der Waals surface area contributed by atoms with Crippen LogP contribution in [0.1, 0.15) is 39.8 Å². The van der Waals surface area contributed by atoms with Crippen LogP contribution in [0.15, 0.2) is 36.8 Å². The highest BCUT2D eigenvalue weighted by atomic mass is 16.2. The standard InChI is InChI=1S/C23H21N7O/c1-11-16(13-3-14-9-27-20(24-2)7-19(14)26-8-13)6-15(10-25-11)28-23(31)22-18-5-12-4-17(12)21(18)29-30-22/h3,6-10,12,17H,4-5H2,1-2H3,(H,24,27)(H,28,31)(H,29,30)/t12-,17-/m0/s1. The Balaban J connectivity index is 1.30. The number of aromatic nitrogens is 5. The summed E-state index contributed by atoms with van der Waals surface area (Å²) in [7, 11) is 1.83. The van der Waals surface area contributed by atoms with Crippen molar-refractivity contribution in [2.75, 3.05) is 17.7 Å². The van der Waals surface area contributed by atoms with Gasteiger partial charge >= 0.3 is 0 Å². The zero-order valence-corrected chi connectivity index (χ0v) is 17.2. The molecule has 1 saturated carbocycles. The van der Waals surface area contributed by atoms with Gasteiger partial charge in [-0.15, -0.1) is 0 Å². The number of pyridine rings is 3. The topological polar surface area (TPSA) is 108 Å². The zero-order valence-electron chi connectivity index (χ0n) is 17.2. The molecule has 0 aliphatic heterocycles. The molecule has 2 aliphatic carbocycles. The first-order chi connectivity index (χ1) is 15.1. The van der Waals surface area contributed by atoms with Crippen LogP contribution in [-0.2, 0) is 6.42 Å². The molecule has 6 rings (SSSR count). The van der Waals surface area contributed by atoms with Crippen molar-refractivity contribution in [2.45, 2.75) is 25.7 Å². The van der Waals surface area contributed by atoms with Crippen LogP contribution < -0.4 is 10.6 Å². The number of hydrogen-bond donors (Lipinski definition) is 3. The fraction of sp³-hybridized carbons (Fsp3) is 0.261. The van der Waals surface area contributed by atoms with Crippen molar-refractivity contribution in [1.82, 2.24) is 25.1 Å². The van der Waals surface area contributed by atoms with Crippen LogP contribution in [0.25, 0.3) is 22.0 Å². The molecule has 0 saturated heterocycles. The third kappa shape index (κ3) is 2.94. The molecule has 3 N–H and O–H groups in total. The first-order valence-corrected chi connectivity index (χ1v) is 10.4. The van der Waals surface area contributed by atoms with Crippen molar-refractivity contribution in [3.63, 3.8) is 0 Å². The lowest BCUT2D eigenvalue weighted by molar-refractivity contribution is 0.102. The van der Waals surface area contributed by atoms with Gasteiger partial charge in [-0.3, -0.25) is 19.9 Å². The Morgan fingerprint density at radius 3 is 2.90 bits per heavy atom. The number of amides is 1. The number of hydrogen-bond acceptors (Lipinski definition) is 6. The van der Waals surface area contributed by atoms with E-state index in [-0.39, 0.29) is 5.91 Å². The molecule has 1 amide bonds. The van der Waals surface area contributed by atoms with Gasteiger partial charge < -0.3 is 10.6 Å². The number of carbonyl (C=O) groups is 1. The molecule has 4 aromatic rings. The van der Waals surface area contributed by atoms with Crippen LogP contribution in [0, 0.1) is 12.8 Å². The van der Waals surface area contributed by atoms with Crippen molar-refractivity contribution < 1.29 is 4.79 Å². The quantitative estimate of drug-likeness (QED) is 0.473. The Bertz CT molecular complexity index is 1360. The van der Waals surface area contributed by atoms with Gasteiger partial charge in [0, 0.05) is 64.9 Å². The predicted octanol–water partition coefficient (Wildman–Crippen LogP) is 3.68. The van der Waals surface area contributed by atoms with E-state index in [1.165, 1.54) is 6.42 Å². The highest BCUT2D eigenvalue weighted by molar-refractivity contribution is 6.04. The Morgan fingerprint density at radius 1 is 1.13 bits per heavy atom. The fourth-order valence-electron chi connectivity index (χ4n) is 4.56. The first kappa shape index (κ1) is 18.0. The Morgan fingerprint density at radius 2 is 2.03 bits per heavy atom. The molecule has 0 unspecified atom stereocenters. The molecule has 0 spiro atoms. The van der Waals surface area contributed by atoms with Crippen LogP contribution in [0.5, 0.6) is 0 Å². The maximum Gasteiger partial charge on any atom is 0.276 e. The number of rotatable bonds is 4. The van der Waals surface area contributed by atoms with E-state index >= 15 is 0 Å². The van der Waals surface area contributed by atoms with Gasteiger partial charge in [0.15, 0.2) is 5.69 Å². The Kier molecular flexibility index (Phi) is 3.83. The highest BCUT2D eigenvalue weighted by Crippen LogP contribution is 2.56. The molecule has 0 aromatic carbocycles. The molecule has 8 heteroatoms. The van der Waals surface area contributed by atoms with E-state index in [2.05, 4.69) is 35.8 Å². The molecule has 8 nitrogen and oxygen atoms in total. The third-order valence-electron chi connectivity index (χ3n) is 6.35. The van der Waals surface area contributed by atoms with Crippen LogP contribution in [0.3, 0.4) is 0 Å². The molecular formula is C23H21N7O. The summed E-state index contributed by atoms with van der Waals surface area (Å²) in [6, 6.07) is 5.88. The minimum Gasteiger partial charge on any atom is -0.373 e. The molecule has 1 fully saturated rings. The molecule has 154 valence electrons. The van der Waals surface area contributed by atoms with Gasteiger partial charge in [0.05, 0.1) is 17.4 Å². The molecule has 2 aliphatic rings. The summed E-state index contributed by atoms with van der Waals surface area (Å²) in [4.78, 5) is 26.3. The molecule has 4 aromatic heterocycles. The van der Waals surface area contributed by atoms with Crippen LogP contribution in [0.4, 0.5) is 11.5 Å². The van der Waals surface area contributed by atoms with E-state index < -0.39 is 0 Å². The smallest absolute Gasteiger partial charge is 0.276 e. The van der Waals surface area contributed by atoms with Crippen molar-refractivity contribution >= 4 is 28.3 Å². The number of aromatic amines is 1. The lowest BCUT2D eigenvalue weighted by atomic mass is 10.0. The summed E-state index contributed by atoms with van der Waals surface area (Å²) in [5.74, 6) is 1.85. The number of fused-ring (bicyclic) bond motifs is 4. The largest absolute Gasteiger partial charge is 0.373 e. The van der Waals surface area contributed by atoms with Crippen LogP contribution in [-0.4, -0.2) is 38.1 Å². The van der Waals surface area contributed by atoms with Gasteiger partial charge in [-0.05, 0) is 37.8 Å². The summed E-state index contributed by atoms with van der Waals surface area (Å²) in [5, 5.41) is 14.3. The third-order valence-corrected chi connectivity index (χ3v) is 6.35. The summed E-state index contributed by atoms with van der Waals surface area (Å²) >= 11 is 0. The van der Waals surface area contributed by atoms with E-state index in [1.807, 2.05) is 38.4 Å². The molecule has 31 heavy (non-hydrogen) atoms. The van der Waals surface area contributed by atoms with Crippen LogP contribution >= 0.6 is 0 Å². The monoisotopic (exact) mass is 411 g/mol. The summed E-state index contributed by atoms with van der Waals surface area (Å²) in [6.07, 6.45) is 7.46. The van der Waals surface area contributed by atoms with E-state index in [4.69, 9.17) is 0 Å². The van der Waals surface area contributed by atoms with E-state index in [0.29, 0.717) is 23.2 Å². The second-order valence-corrected chi connectivity index (χ2v) is 8.32. The average molecular weight is 411 g/mol. The van der Waals surface area contributed by atoms with E-state index in [1.54, 1.807) is 12.4 Å². The Hall–Kier alpha value is -3.81. The molecular weight excluding hydrogens is 390 g/mol. The Labute approximate surface area is 178 Å².